The van der Waals surface area contributed by atoms with Gasteiger partial charge in [0.25, 0.3) is 5.91 Å². The molecule has 0 fully saturated rings. The fourth-order valence-electron chi connectivity index (χ4n) is 3.03. The van der Waals surface area contributed by atoms with Crippen LogP contribution in [-0.2, 0) is 0 Å². The molecule has 0 N–H and O–H groups in total. The zero-order chi connectivity index (χ0) is 21.8. The molecule has 31 heavy (non-hydrogen) atoms. The highest BCUT2D eigenvalue weighted by molar-refractivity contribution is 7.22. The highest BCUT2D eigenvalue weighted by atomic mass is 32.1. The first-order valence-electron chi connectivity index (χ1n) is 9.85. The maximum absolute atomic E-state index is 13.6. The van der Waals surface area contributed by atoms with Gasteiger partial charge in [0, 0.05) is 18.7 Å². The largest absolute Gasteiger partial charge is 0.457 e. The Morgan fingerprint density at radius 1 is 0.968 bits per heavy atom. The maximum Gasteiger partial charge on any atom is 0.260 e. The van der Waals surface area contributed by atoms with Gasteiger partial charge in [-0.15, -0.1) is 0 Å². The summed E-state index contributed by atoms with van der Waals surface area (Å²) in [5.41, 5.74) is 1.21. The normalized spacial score (nSPS) is 11.1. The number of rotatable bonds is 7. The smallest absolute Gasteiger partial charge is 0.260 e. The molecule has 1 amide bonds. The Kier molecular flexibility index (Phi) is 6.25. The number of carbonyl (C=O) groups is 1. The minimum atomic E-state index is -0.317. The lowest BCUT2D eigenvalue weighted by Crippen LogP contribution is -2.36. The van der Waals surface area contributed by atoms with Crippen molar-refractivity contribution in [1.29, 1.82) is 0 Å². The molecule has 0 radical (unpaired) electrons. The number of carbonyl (C=O) groups excluding carboxylic acids is 1. The first kappa shape index (κ1) is 21.0. The number of halogens is 1. The summed E-state index contributed by atoms with van der Waals surface area (Å²) < 4.78 is 20.1. The van der Waals surface area contributed by atoms with E-state index in [0.29, 0.717) is 39.8 Å². The van der Waals surface area contributed by atoms with Gasteiger partial charge in [-0.25, -0.2) is 9.37 Å². The monoisotopic (exact) mass is 435 g/mol. The van der Waals surface area contributed by atoms with E-state index in [0.717, 1.165) is 5.75 Å². The zero-order valence-electron chi connectivity index (χ0n) is 17.3. The zero-order valence-corrected chi connectivity index (χ0v) is 18.1. The van der Waals surface area contributed by atoms with Gasteiger partial charge in [0.1, 0.15) is 17.3 Å². The van der Waals surface area contributed by atoms with Gasteiger partial charge in [-0.2, -0.15) is 0 Å². The molecule has 0 atom stereocenters. The summed E-state index contributed by atoms with van der Waals surface area (Å²) in [5.74, 6) is 0.907. The Bertz CT molecular complexity index is 1180. The van der Waals surface area contributed by atoms with E-state index in [-0.39, 0.29) is 11.7 Å². The van der Waals surface area contributed by atoms with Crippen LogP contribution in [0.15, 0.2) is 72.8 Å². The van der Waals surface area contributed by atoms with Crippen LogP contribution in [0.25, 0.3) is 10.2 Å². The third kappa shape index (κ3) is 5.07. The van der Waals surface area contributed by atoms with Gasteiger partial charge in [-0.1, -0.05) is 29.5 Å². The maximum atomic E-state index is 13.6. The average molecular weight is 436 g/mol. The third-order valence-electron chi connectivity index (χ3n) is 4.67. The number of ether oxygens (including phenoxy) is 1. The van der Waals surface area contributed by atoms with Gasteiger partial charge < -0.3 is 9.64 Å². The molecule has 1 heterocycles. The number of amides is 1. The van der Waals surface area contributed by atoms with Gasteiger partial charge in [0.05, 0.1) is 10.2 Å². The molecular formula is C24H22FN3O2S. The van der Waals surface area contributed by atoms with Crippen molar-refractivity contribution in [1.82, 2.24) is 9.88 Å². The summed E-state index contributed by atoms with van der Waals surface area (Å²) in [4.78, 5) is 21.5. The van der Waals surface area contributed by atoms with Crippen LogP contribution < -0.4 is 9.64 Å². The molecular weight excluding hydrogens is 413 g/mol. The van der Waals surface area contributed by atoms with E-state index in [1.807, 2.05) is 49.3 Å². The molecule has 7 heteroatoms. The van der Waals surface area contributed by atoms with E-state index >= 15 is 0 Å². The van der Waals surface area contributed by atoms with Crippen LogP contribution in [-0.4, -0.2) is 43.0 Å². The summed E-state index contributed by atoms with van der Waals surface area (Å²) in [6, 6.07) is 21.0. The topological polar surface area (TPSA) is 45.7 Å². The van der Waals surface area contributed by atoms with Crippen LogP contribution in [0, 0.1) is 5.82 Å². The van der Waals surface area contributed by atoms with Crippen molar-refractivity contribution >= 4 is 32.6 Å². The van der Waals surface area contributed by atoms with Gasteiger partial charge in [0.15, 0.2) is 5.13 Å². The number of nitrogens with zero attached hydrogens (tertiary/aromatic N) is 3. The number of thiazole rings is 1. The minimum Gasteiger partial charge on any atom is -0.457 e. The second kappa shape index (κ2) is 9.24. The van der Waals surface area contributed by atoms with Gasteiger partial charge >= 0.3 is 0 Å². The van der Waals surface area contributed by atoms with Crippen LogP contribution in [0.5, 0.6) is 11.5 Å². The molecule has 0 saturated heterocycles. The molecule has 0 aliphatic heterocycles. The predicted octanol–water partition coefficient (Wildman–Crippen LogP) is 5.44. The predicted molar refractivity (Wildman–Crippen MR) is 123 cm³/mol. The number of likely N-dealkylation sites (N-methyl/N-ethyl adjacent to an activating group) is 1. The van der Waals surface area contributed by atoms with Crippen molar-refractivity contribution in [2.75, 3.05) is 32.1 Å². The molecule has 4 rings (SSSR count). The Hall–Kier alpha value is -3.29. The molecule has 0 aliphatic rings. The lowest BCUT2D eigenvalue weighted by atomic mass is 10.2. The fraction of sp³-hybridized carbons (Fsp3) is 0.167. The second-order valence-electron chi connectivity index (χ2n) is 7.31. The molecule has 0 aliphatic carbocycles. The van der Waals surface area contributed by atoms with Crippen molar-refractivity contribution in [3.63, 3.8) is 0 Å². The summed E-state index contributed by atoms with van der Waals surface area (Å²) in [6.45, 7) is 1.14. The molecule has 4 aromatic rings. The molecule has 0 spiro atoms. The molecule has 158 valence electrons. The van der Waals surface area contributed by atoms with E-state index in [1.165, 1.54) is 23.5 Å². The molecule has 1 aromatic heterocycles. The quantitative estimate of drug-likeness (QED) is 0.388. The van der Waals surface area contributed by atoms with E-state index in [9.17, 15) is 9.18 Å². The molecule has 0 bridgehead atoms. The van der Waals surface area contributed by atoms with Crippen molar-refractivity contribution in [2.24, 2.45) is 0 Å². The fourth-order valence-corrected chi connectivity index (χ4v) is 4.05. The van der Waals surface area contributed by atoms with Crippen LogP contribution in [0.3, 0.4) is 0 Å². The van der Waals surface area contributed by atoms with Crippen molar-refractivity contribution in [3.05, 3.63) is 84.2 Å². The highest BCUT2D eigenvalue weighted by Crippen LogP contribution is 2.30. The number of aromatic nitrogens is 1. The first-order valence-corrected chi connectivity index (χ1v) is 10.7. The summed E-state index contributed by atoms with van der Waals surface area (Å²) >= 11 is 1.31. The SMILES string of the molecule is CN(C)CCN(C(=O)c1ccc(Oc2ccccc2)cc1)c1nc2ccc(F)cc2s1. The van der Waals surface area contributed by atoms with Crippen LogP contribution >= 0.6 is 11.3 Å². The van der Waals surface area contributed by atoms with Gasteiger partial charge in [0.2, 0.25) is 0 Å². The molecule has 0 saturated carbocycles. The lowest BCUT2D eigenvalue weighted by Gasteiger charge is -2.22. The first-order chi connectivity index (χ1) is 15.0. The number of hydrogen-bond acceptors (Lipinski definition) is 5. The van der Waals surface area contributed by atoms with Gasteiger partial charge in [-0.05, 0) is 68.7 Å². The number of benzene rings is 3. The van der Waals surface area contributed by atoms with Crippen molar-refractivity contribution < 1.29 is 13.9 Å². The molecule has 0 unspecified atom stereocenters. The number of para-hydroxylation sites is 1. The highest BCUT2D eigenvalue weighted by Gasteiger charge is 2.21. The minimum absolute atomic E-state index is 0.160. The Balaban J connectivity index is 1.59. The summed E-state index contributed by atoms with van der Waals surface area (Å²) in [6.07, 6.45) is 0. The third-order valence-corrected chi connectivity index (χ3v) is 5.71. The molecule has 5 nitrogen and oxygen atoms in total. The number of fused-ring (bicyclic) bond motifs is 1. The number of anilines is 1. The Labute approximate surface area is 184 Å². The second-order valence-corrected chi connectivity index (χ2v) is 8.32. The van der Waals surface area contributed by atoms with Crippen molar-refractivity contribution in [2.45, 2.75) is 0 Å². The van der Waals surface area contributed by atoms with Crippen LogP contribution in [0.1, 0.15) is 10.4 Å². The van der Waals surface area contributed by atoms with Crippen molar-refractivity contribution in [3.8, 4) is 11.5 Å². The summed E-state index contributed by atoms with van der Waals surface area (Å²) in [5, 5.41) is 0.553. The van der Waals surface area contributed by atoms with Crippen LogP contribution in [0.4, 0.5) is 9.52 Å². The average Bonchev–Trinajstić information content (AvgIpc) is 3.17. The standard InChI is InChI=1S/C24H22FN3O2S/c1-27(2)14-15-28(24-26-21-13-10-18(25)16-22(21)31-24)23(29)17-8-11-20(12-9-17)30-19-6-4-3-5-7-19/h3-13,16H,14-15H2,1-2H3. The van der Waals surface area contributed by atoms with E-state index in [1.54, 1.807) is 35.2 Å². The summed E-state index contributed by atoms with van der Waals surface area (Å²) in [7, 11) is 3.90. The Morgan fingerprint density at radius 2 is 1.68 bits per heavy atom. The lowest BCUT2D eigenvalue weighted by molar-refractivity contribution is 0.0985. The van der Waals surface area contributed by atoms with E-state index < -0.39 is 0 Å². The van der Waals surface area contributed by atoms with E-state index in [2.05, 4.69) is 4.98 Å². The van der Waals surface area contributed by atoms with Crippen LogP contribution in [0.2, 0.25) is 0 Å². The van der Waals surface area contributed by atoms with Gasteiger partial charge in [-0.3, -0.25) is 9.69 Å². The number of hydrogen-bond donors (Lipinski definition) is 0. The van der Waals surface area contributed by atoms with E-state index in [4.69, 9.17) is 4.74 Å². The molecule has 3 aromatic carbocycles. The Morgan fingerprint density at radius 3 is 2.39 bits per heavy atom.